The fraction of sp³-hybridized carbons (Fsp3) is 0.273. The summed E-state index contributed by atoms with van der Waals surface area (Å²) in [6.45, 7) is 11.3. The molecule has 0 unspecified atom stereocenters. The quantitative estimate of drug-likeness (QED) is 0.626. The first kappa shape index (κ1) is 8.76. The van der Waals surface area contributed by atoms with Gasteiger partial charge in [0, 0.05) is 0 Å². The Balaban J connectivity index is 2.69. The van der Waals surface area contributed by atoms with Gasteiger partial charge in [-0.3, -0.25) is 9.41 Å². The summed E-state index contributed by atoms with van der Waals surface area (Å²) in [4.78, 5) is 7.61. The minimum Gasteiger partial charge on any atom is -0.293 e. The third-order valence-corrected chi connectivity index (χ3v) is 2.46. The van der Waals surface area contributed by atoms with Crippen LogP contribution in [0.3, 0.4) is 0 Å². The minimum atomic E-state index is 0.346. The molecule has 0 N–H and O–H groups in total. The van der Waals surface area contributed by atoms with Gasteiger partial charge in [-0.05, 0) is 37.1 Å². The summed E-state index contributed by atoms with van der Waals surface area (Å²) in [5.41, 5.74) is 4.50. The molecule has 2 rings (SSSR count). The zero-order chi connectivity index (χ0) is 10.1. The molecule has 3 nitrogen and oxygen atoms in total. The van der Waals surface area contributed by atoms with Crippen molar-refractivity contribution in [3.63, 3.8) is 0 Å². The highest BCUT2D eigenvalue weighted by Gasteiger charge is 2.05. The molecular weight excluding hydrogens is 174 g/mol. The minimum absolute atomic E-state index is 0.346. The topological polar surface area (TPSA) is 22.2 Å². The Hall–Kier alpha value is -1.82. The molecular formula is C11H11N3. The van der Waals surface area contributed by atoms with E-state index in [4.69, 9.17) is 6.57 Å². The van der Waals surface area contributed by atoms with Crippen molar-refractivity contribution < 1.29 is 0 Å². The molecule has 0 aliphatic rings. The van der Waals surface area contributed by atoms with E-state index < -0.39 is 0 Å². The van der Waals surface area contributed by atoms with Gasteiger partial charge in [-0.2, -0.15) is 0 Å². The van der Waals surface area contributed by atoms with Gasteiger partial charge in [0.2, 0.25) is 0 Å². The zero-order valence-electron chi connectivity index (χ0n) is 8.28. The summed E-state index contributed by atoms with van der Waals surface area (Å²) in [5, 5.41) is 0. The number of aromatic nitrogens is 2. The Morgan fingerprint density at radius 1 is 1.36 bits per heavy atom. The summed E-state index contributed by atoms with van der Waals surface area (Å²) in [6.07, 6.45) is 1.72. The summed E-state index contributed by atoms with van der Waals surface area (Å²) in [5.74, 6) is 0. The Morgan fingerprint density at radius 3 is 2.79 bits per heavy atom. The van der Waals surface area contributed by atoms with E-state index in [2.05, 4.69) is 35.8 Å². The summed E-state index contributed by atoms with van der Waals surface area (Å²) < 4.78 is 1.87. The molecule has 0 fully saturated rings. The average molecular weight is 185 g/mol. The maximum Gasteiger partial charge on any atom is 0.294 e. The van der Waals surface area contributed by atoms with Crippen LogP contribution in [0.15, 0.2) is 18.5 Å². The Bertz CT molecular complexity index is 517. The van der Waals surface area contributed by atoms with Crippen molar-refractivity contribution in [1.82, 2.24) is 9.55 Å². The normalized spacial score (nSPS) is 10.4. The van der Waals surface area contributed by atoms with E-state index in [0.717, 1.165) is 11.0 Å². The van der Waals surface area contributed by atoms with E-state index in [9.17, 15) is 0 Å². The van der Waals surface area contributed by atoms with E-state index in [0.29, 0.717) is 6.67 Å². The van der Waals surface area contributed by atoms with Crippen LogP contribution in [0.4, 0.5) is 0 Å². The molecule has 0 saturated carbocycles. The van der Waals surface area contributed by atoms with Crippen LogP contribution in [-0.4, -0.2) is 9.55 Å². The Kier molecular flexibility index (Phi) is 1.97. The number of hydrogen-bond donors (Lipinski definition) is 0. The van der Waals surface area contributed by atoms with Gasteiger partial charge in [0.15, 0.2) is 0 Å². The van der Waals surface area contributed by atoms with E-state index >= 15 is 0 Å². The second-order valence-corrected chi connectivity index (χ2v) is 3.44. The van der Waals surface area contributed by atoms with Gasteiger partial charge in [-0.25, -0.2) is 11.6 Å². The lowest BCUT2D eigenvalue weighted by Gasteiger charge is -2.00. The third kappa shape index (κ3) is 1.25. The van der Waals surface area contributed by atoms with E-state index in [1.165, 1.54) is 11.1 Å². The van der Waals surface area contributed by atoms with E-state index in [1.807, 2.05) is 4.57 Å². The number of rotatable bonds is 1. The molecule has 70 valence electrons. The van der Waals surface area contributed by atoms with Crippen LogP contribution in [0, 0.1) is 20.4 Å². The molecule has 0 spiro atoms. The smallest absolute Gasteiger partial charge is 0.293 e. The van der Waals surface area contributed by atoms with Crippen LogP contribution in [-0.2, 0) is 6.67 Å². The van der Waals surface area contributed by atoms with Crippen LogP contribution in [0.5, 0.6) is 0 Å². The van der Waals surface area contributed by atoms with Crippen LogP contribution in [0.2, 0.25) is 0 Å². The van der Waals surface area contributed by atoms with Crippen molar-refractivity contribution in [2.24, 2.45) is 0 Å². The molecule has 1 heterocycles. The summed E-state index contributed by atoms with van der Waals surface area (Å²) in [7, 11) is 0. The maximum absolute atomic E-state index is 6.83. The molecule has 0 saturated heterocycles. The second-order valence-electron chi connectivity index (χ2n) is 3.44. The highest BCUT2D eigenvalue weighted by Crippen LogP contribution is 2.18. The Labute approximate surface area is 82.8 Å². The van der Waals surface area contributed by atoms with Gasteiger partial charge in [0.1, 0.15) is 6.33 Å². The molecule has 1 aromatic heterocycles. The van der Waals surface area contributed by atoms with E-state index in [-0.39, 0.29) is 0 Å². The highest BCUT2D eigenvalue weighted by atomic mass is 15.1. The first-order chi connectivity index (χ1) is 6.72. The van der Waals surface area contributed by atoms with Crippen LogP contribution >= 0.6 is 0 Å². The molecule has 2 aromatic rings. The molecule has 0 amide bonds. The maximum atomic E-state index is 6.83. The van der Waals surface area contributed by atoms with Crippen molar-refractivity contribution in [1.29, 1.82) is 0 Å². The molecule has 0 aliphatic carbocycles. The van der Waals surface area contributed by atoms with Gasteiger partial charge >= 0.3 is 0 Å². The Morgan fingerprint density at radius 2 is 2.07 bits per heavy atom. The van der Waals surface area contributed by atoms with Crippen molar-refractivity contribution in [3.8, 4) is 0 Å². The molecule has 14 heavy (non-hydrogen) atoms. The first-order valence-corrected chi connectivity index (χ1v) is 4.47. The molecule has 1 aromatic carbocycles. The molecule has 3 heteroatoms. The zero-order valence-corrected chi connectivity index (χ0v) is 8.28. The van der Waals surface area contributed by atoms with Crippen molar-refractivity contribution in [3.05, 3.63) is 41.0 Å². The van der Waals surface area contributed by atoms with Crippen molar-refractivity contribution in [2.75, 3.05) is 0 Å². The fourth-order valence-electron chi connectivity index (χ4n) is 1.50. The SMILES string of the molecule is [C-]#[N+]Cn1cnc2cc(C)c(C)cc21. The largest absolute Gasteiger partial charge is 0.294 e. The van der Waals surface area contributed by atoms with Gasteiger partial charge in [0.25, 0.3) is 6.67 Å². The lowest BCUT2D eigenvalue weighted by Crippen LogP contribution is -1.91. The van der Waals surface area contributed by atoms with Crippen molar-refractivity contribution in [2.45, 2.75) is 20.5 Å². The van der Waals surface area contributed by atoms with Gasteiger partial charge in [0.05, 0.1) is 11.0 Å². The molecule has 0 aliphatic heterocycles. The van der Waals surface area contributed by atoms with Crippen molar-refractivity contribution >= 4 is 11.0 Å². The average Bonchev–Trinajstić information content (AvgIpc) is 2.51. The van der Waals surface area contributed by atoms with Crippen LogP contribution in [0.1, 0.15) is 11.1 Å². The fourth-order valence-corrected chi connectivity index (χ4v) is 1.50. The number of nitrogens with zero attached hydrogens (tertiary/aromatic N) is 3. The standard InChI is InChI=1S/C11H11N3/c1-8-4-10-11(5-9(8)2)14(6-12-3)7-13-10/h4-5,7H,6H2,1-2H3. The van der Waals surface area contributed by atoms with Gasteiger partial charge in [-0.1, -0.05) is 0 Å². The number of benzene rings is 1. The lowest BCUT2D eigenvalue weighted by atomic mass is 10.1. The predicted molar refractivity (Wildman–Crippen MR) is 55.8 cm³/mol. The van der Waals surface area contributed by atoms with Crippen LogP contribution < -0.4 is 0 Å². The lowest BCUT2D eigenvalue weighted by molar-refractivity contribution is 0.845. The predicted octanol–water partition coefficient (Wildman–Crippen LogP) is 2.53. The third-order valence-electron chi connectivity index (χ3n) is 2.46. The monoisotopic (exact) mass is 185 g/mol. The summed E-state index contributed by atoms with van der Waals surface area (Å²) in [6, 6.07) is 4.15. The molecule has 0 radical (unpaired) electrons. The molecule has 0 atom stereocenters. The van der Waals surface area contributed by atoms with Crippen LogP contribution in [0.25, 0.3) is 15.9 Å². The highest BCUT2D eigenvalue weighted by molar-refractivity contribution is 5.77. The number of hydrogen-bond acceptors (Lipinski definition) is 1. The molecule has 0 bridgehead atoms. The van der Waals surface area contributed by atoms with Gasteiger partial charge < -0.3 is 0 Å². The summed E-state index contributed by atoms with van der Waals surface area (Å²) >= 11 is 0. The van der Waals surface area contributed by atoms with E-state index in [1.54, 1.807) is 6.33 Å². The second kappa shape index (κ2) is 3.15. The first-order valence-electron chi connectivity index (χ1n) is 4.47. The number of imidazole rings is 1. The van der Waals surface area contributed by atoms with Gasteiger partial charge in [-0.15, -0.1) is 0 Å². The number of aryl methyl sites for hydroxylation is 2. The number of fused-ring (bicyclic) bond motifs is 1.